The molecule has 1 saturated heterocycles. The predicted octanol–water partition coefficient (Wildman–Crippen LogP) is 2.61. The lowest BCUT2D eigenvalue weighted by atomic mass is 9.99. The molecule has 3 heteroatoms. The van der Waals surface area contributed by atoms with Gasteiger partial charge in [-0.15, -0.1) is 0 Å². The van der Waals surface area contributed by atoms with Gasteiger partial charge in [0.2, 0.25) is 0 Å². The Morgan fingerprint density at radius 3 is 3.00 bits per heavy atom. The van der Waals surface area contributed by atoms with Gasteiger partial charge in [-0.05, 0) is 38.8 Å². The maximum atomic E-state index is 10.3. The van der Waals surface area contributed by atoms with E-state index in [0.717, 1.165) is 36.3 Å². The summed E-state index contributed by atoms with van der Waals surface area (Å²) in [5.74, 6) is 0.765. The van der Waals surface area contributed by atoms with Crippen molar-refractivity contribution >= 4 is 0 Å². The number of aliphatic hydroxyl groups is 1. The molecule has 0 bridgehead atoms. The van der Waals surface area contributed by atoms with Crippen molar-refractivity contribution in [3.05, 3.63) is 29.3 Å². The summed E-state index contributed by atoms with van der Waals surface area (Å²) in [6, 6.07) is 5.90. The van der Waals surface area contributed by atoms with E-state index in [9.17, 15) is 5.11 Å². The molecule has 1 aromatic carbocycles. The number of hydrogen-bond acceptors (Lipinski definition) is 3. The number of aliphatic hydroxyl groups excluding tert-OH is 1. The van der Waals surface area contributed by atoms with Gasteiger partial charge in [0, 0.05) is 12.2 Å². The van der Waals surface area contributed by atoms with E-state index >= 15 is 0 Å². The van der Waals surface area contributed by atoms with Crippen molar-refractivity contribution in [1.82, 2.24) is 0 Å². The van der Waals surface area contributed by atoms with Crippen LogP contribution >= 0.6 is 0 Å². The molecule has 0 saturated carbocycles. The van der Waals surface area contributed by atoms with E-state index in [1.165, 1.54) is 0 Å². The van der Waals surface area contributed by atoms with E-state index < -0.39 is 6.10 Å². The zero-order valence-electron chi connectivity index (χ0n) is 10.5. The SMILES string of the molecule is CCOc1ccc(C)cc1C(O)C1CCCO1. The third-order valence-corrected chi connectivity index (χ3v) is 3.10. The van der Waals surface area contributed by atoms with Crippen LogP contribution < -0.4 is 4.74 Å². The number of hydrogen-bond donors (Lipinski definition) is 1. The number of ether oxygens (including phenoxy) is 2. The number of benzene rings is 1. The highest BCUT2D eigenvalue weighted by atomic mass is 16.5. The monoisotopic (exact) mass is 236 g/mol. The molecule has 2 rings (SSSR count). The van der Waals surface area contributed by atoms with Gasteiger partial charge < -0.3 is 14.6 Å². The Bertz CT molecular complexity index is 370. The van der Waals surface area contributed by atoms with E-state index in [1.54, 1.807) is 0 Å². The van der Waals surface area contributed by atoms with Crippen molar-refractivity contribution in [3.63, 3.8) is 0 Å². The second-order valence-corrected chi connectivity index (χ2v) is 4.47. The quantitative estimate of drug-likeness (QED) is 0.873. The molecule has 1 fully saturated rings. The first-order valence-corrected chi connectivity index (χ1v) is 6.25. The van der Waals surface area contributed by atoms with Crippen LogP contribution in [0.15, 0.2) is 18.2 Å². The van der Waals surface area contributed by atoms with Crippen LogP contribution in [0, 0.1) is 6.92 Å². The van der Waals surface area contributed by atoms with E-state index in [4.69, 9.17) is 9.47 Å². The molecule has 1 aliphatic rings. The summed E-state index contributed by atoms with van der Waals surface area (Å²) in [5.41, 5.74) is 1.97. The van der Waals surface area contributed by atoms with Crippen molar-refractivity contribution in [3.8, 4) is 5.75 Å². The Morgan fingerprint density at radius 1 is 1.53 bits per heavy atom. The van der Waals surface area contributed by atoms with E-state index in [1.807, 2.05) is 32.0 Å². The average Bonchev–Trinajstić information content (AvgIpc) is 2.84. The maximum absolute atomic E-state index is 10.3. The molecule has 1 aromatic rings. The Morgan fingerprint density at radius 2 is 2.35 bits per heavy atom. The van der Waals surface area contributed by atoms with Gasteiger partial charge in [-0.3, -0.25) is 0 Å². The van der Waals surface area contributed by atoms with Gasteiger partial charge >= 0.3 is 0 Å². The van der Waals surface area contributed by atoms with Crippen LogP contribution in [-0.2, 0) is 4.74 Å². The van der Waals surface area contributed by atoms with Crippen LogP contribution in [0.3, 0.4) is 0 Å². The largest absolute Gasteiger partial charge is 0.493 e. The Labute approximate surface area is 102 Å². The number of aryl methyl sites for hydroxylation is 1. The molecule has 0 amide bonds. The van der Waals surface area contributed by atoms with Crippen molar-refractivity contribution in [2.45, 2.75) is 38.9 Å². The summed E-state index contributed by atoms with van der Waals surface area (Å²) >= 11 is 0. The minimum atomic E-state index is -0.584. The second kappa shape index (κ2) is 5.52. The molecule has 0 radical (unpaired) electrons. The van der Waals surface area contributed by atoms with Crippen LogP contribution in [0.25, 0.3) is 0 Å². The van der Waals surface area contributed by atoms with Crippen molar-refractivity contribution in [1.29, 1.82) is 0 Å². The molecule has 2 unspecified atom stereocenters. The molecule has 3 nitrogen and oxygen atoms in total. The fourth-order valence-electron chi connectivity index (χ4n) is 2.24. The summed E-state index contributed by atoms with van der Waals surface area (Å²) < 4.78 is 11.1. The van der Waals surface area contributed by atoms with Gasteiger partial charge in [-0.25, -0.2) is 0 Å². The molecule has 17 heavy (non-hydrogen) atoms. The smallest absolute Gasteiger partial charge is 0.125 e. The minimum Gasteiger partial charge on any atom is -0.493 e. The molecule has 0 aliphatic carbocycles. The summed E-state index contributed by atoms with van der Waals surface area (Å²) in [5, 5.41) is 10.3. The molecule has 94 valence electrons. The first-order valence-electron chi connectivity index (χ1n) is 6.25. The average molecular weight is 236 g/mol. The highest BCUT2D eigenvalue weighted by Gasteiger charge is 2.27. The molecule has 1 aliphatic heterocycles. The summed E-state index contributed by atoms with van der Waals surface area (Å²) in [4.78, 5) is 0. The first kappa shape index (κ1) is 12.4. The van der Waals surface area contributed by atoms with E-state index in [0.29, 0.717) is 6.61 Å². The zero-order chi connectivity index (χ0) is 12.3. The van der Waals surface area contributed by atoms with Crippen LogP contribution in [-0.4, -0.2) is 24.4 Å². The van der Waals surface area contributed by atoms with Crippen molar-refractivity contribution < 1.29 is 14.6 Å². The standard InChI is InChI=1S/C14H20O3/c1-3-16-12-7-6-10(2)9-11(12)14(15)13-5-4-8-17-13/h6-7,9,13-15H,3-5,8H2,1-2H3. The molecule has 0 aromatic heterocycles. The predicted molar refractivity (Wildman–Crippen MR) is 66.3 cm³/mol. The molecule has 2 atom stereocenters. The third-order valence-electron chi connectivity index (χ3n) is 3.10. The first-order chi connectivity index (χ1) is 8.22. The Kier molecular flexibility index (Phi) is 4.02. The zero-order valence-corrected chi connectivity index (χ0v) is 10.5. The van der Waals surface area contributed by atoms with Crippen LogP contribution in [0.1, 0.15) is 37.0 Å². The second-order valence-electron chi connectivity index (χ2n) is 4.47. The Hall–Kier alpha value is -1.06. The fourth-order valence-corrected chi connectivity index (χ4v) is 2.24. The lowest BCUT2D eigenvalue weighted by Gasteiger charge is -2.21. The lowest BCUT2D eigenvalue weighted by molar-refractivity contribution is -0.00385. The van der Waals surface area contributed by atoms with E-state index in [2.05, 4.69) is 0 Å². The minimum absolute atomic E-state index is 0.0870. The highest BCUT2D eigenvalue weighted by Crippen LogP contribution is 2.33. The third kappa shape index (κ3) is 2.79. The van der Waals surface area contributed by atoms with Crippen molar-refractivity contribution in [2.75, 3.05) is 13.2 Å². The summed E-state index contributed by atoms with van der Waals surface area (Å²) in [7, 11) is 0. The van der Waals surface area contributed by atoms with Gasteiger partial charge in [0.1, 0.15) is 11.9 Å². The molecular weight excluding hydrogens is 216 g/mol. The molecule has 1 N–H and O–H groups in total. The van der Waals surface area contributed by atoms with E-state index in [-0.39, 0.29) is 6.10 Å². The van der Waals surface area contributed by atoms with Crippen molar-refractivity contribution in [2.24, 2.45) is 0 Å². The Balaban J connectivity index is 2.24. The summed E-state index contributed by atoms with van der Waals surface area (Å²) in [6.45, 7) is 5.31. The van der Waals surface area contributed by atoms with Crippen LogP contribution in [0.5, 0.6) is 5.75 Å². The molecule has 1 heterocycles. The maximum Gasteiger partial charge on any atom is 0.125 e. The highest BCUT2D eigenvalue weighted by molar-refractivity contribution is 5.39. The fraction of sp³-hybridized carbons (Fsp3) is 0.571. The molecule has 0 spiro atoms. The van der Waals surface area contributed by atoms with Gasteiger partial charge in [-0.2, -0.15) is 0 Å². The van der Waals surface area contributed by atoms with Crippen LogP contribution in [0.4, 0.5) is 0 Å². The van der Waals surface area contributed by atoms with Gasteiger partial charge in [0.05, 0.1) is 12.7 Å². The lowest BCUT2D eigenvalue weighted by Crippen LogP contribution is -2.18. The van der Waals surface area contributed by atoms with Gasteiger partial charge in [0.15, 0.2) is 0 Å². The topological polar surface area (TPSA) is 38.7 Å². The number of rotatable bonds is 4. The van der Waals surface area contributed by atoms with Gasteiger partial charge in [0.25, 0.3) is 0 Å². The molecular formula is C14H20O3. The van der Waals surface area contributed by atoms with Gasteiger partial charge in [-0.1, -0.05) is 11.6 Å². The van der Waals surface area contributed by atoms with Crippen LogP contribution in [0.2, 0.25) is 0 Å². The normalized spacial score (nSPS) is 21.5. The summed E-state index contributed by atoms with van der Waals surface area (Å²) in [6.07, 6.45) is 1.27.